The smallest absolute Gasteiger partial charge is 0.356 e. The Labute approximate surface area is 161 Å². The van der Waals surface area contributed by atoms with Gasteiger partial charge in [-0.2, -0.15) is 0 Å². The van der Waals surface area contributed by atoms with E-state index < -0.39 is 30.1 Å². The predicted molar refractivity (Wildman–Crippen MR) is 99.3 cm³/mol. The molecule has 2 rings (SSSR count). The average molecular weight is 388 g/mol. The molecule has 0 bridgehead atoms. The molecule has 7 nitrogen and oxygen atoms in total. The molecule has 8 heteroatoms. The number of carbonyl (C=O) groups excluding carboxylic acids is 3. The van der Waals surface area contributed by atoms with Crippen LogP contribution in [0.2, 0.25) is 0 Å². The number of benzene rings is 1. The molecule has 0 spiro atoms. The molecule has 0 atom stereocenters. The van der Waals surface area contributed by atoms with E-state index >= 15 is 0 Å². The van der Waals surface area contributed by atoms with Crippen LogP contribution in [-0.4, -0.2) is 36.0 Å². The molecule has 0 aliphatic heterocycles. The lowest BCUT2D eigenvalue weighted by Crippen LogP contribution is -2.18. The van der Waals surface area contributed by atoms with E-state index in [-0.39, 0.29) is 24.6 Å². The molecule has 0 aliphatic rings. The summed E-state index contributed by atoms with van der Waals surface area (Å²) in [6, 6.07) is 7.57. The number of amides is 1. The maximum atomic E-state index is 14.0. The number of pyridine rings is 1. The van der Waals surface area contributed by atoms with E-state index in [4.69, 9.17) is 9.47 Å². The number of carbonyl (C=O) groups is 3. The van der Waals surface area contributed by atoms with E-state index in [1.807, 2.05) is 0 Å². The van der Waals surface area contributed by atoms with Crippen LogP contribution in [-0.2, 0) is 25.5 Å². The average Bonchev–Trinajstić information content (AvgIpc) is 2.65. The molecule has 0 saturated heterocycles. The summed E-state index contributed by atoms with van der Waals surface area (Å²) in [7, 11) is 0. The minimum Gasteiger partial charge on any atom is -0.466 e. The van der Waals surface area contributed by atoms with E-state index in [1.54, 1.807) is 32.0 Å². The second-order valence-electron chi connectivity index (χ2n) is 5.79. The largest absolute Gasteiger partial charge is 0.466 e. The van der Waals surface area contributed by atoms with Crippen molar-refractivity contribution in [2.45, 2.75) is 26.7 Å². The number of esters is 2. The van der Waals surface area contributed by atoms with Crippen LogP contribution in [0.1, 0.15) is 41.9 Å². The molecule has 1 aromatic carbocycles. The van der Waals surface area contributed by atoms with Gasteiger partial charge in [0.1, 0.15) is 17.9 Å². The number of nitrogens with one attached hydrogen (secondary N) is 1. The van der Waals surface area contributed by atoms with Crippen LogP contribution in [0.4, 0.5) is 10.1 Å². The Bertz CT molecular complexity index is 852. The van der Waals surface area contributed by atoms with Crippen molar-refractivity contribution in [3.8, 4) is 0 Å². The van der Waals surface area contributed by atoms with Gasteiger partial charge in [-0.3, -0.25) is 9.59 Å². The fraction of sp³-hybridized carbons (Fsp3) is 0.300. The fourth-order valence-electron chi connectivity index (χ4n) is 2.41. The van der Waals surface area contributed by atoms with Gasteiger partial charge in [0.25, 0.3) is 0 Å². The minimum absolute atomic E-state index is 0.0251. The minimum atomic E-state index is -0.677. The number of rotatable bonds is 8. The molecule has 0 unspecified atom stereocenters. The molecule has 0 aliphatic carbocycles. The summed E-state index contributed by atoms with van der Waals surface area (Å²) in [5, 5.41) is 2.37. The predicted octanol–water partition coefficient (Wildman–Crippen LogP) is 2.88. The standard InChI is InChI=1S/C20H21FN2O5/c1-3-27-19(25)11-18(24)23-17-10-13(5-7-15(17)21)9-14-6-8-16(22-12-14)20(26)28-4-2/h5-8,10,12H,3-4,9,11H2,1-2H3,(H,23,24). The molecule has 1 amide bonds. The van der Waals surface area contributed by atoms with Crippen molar-refractivity contribution in [3.63, 3.8) is 0 Å². The fourth-order valence-corrected chi connectivity index (χ4v) is 2.41. The normalized spacial score (nSPS) is 10.2. The summed E-state index contributed by atoms with van der Waals surface area (Å²) in [4.78, 5) is 38.9. The molecule has 148 valence electrons. The van der Waals surface area contributed by atoms with Gasteiger partial charge in [-0.15, -0.1) is 0 Å². The summed E-state index contributed by atoms with van der Waals surface area (Å²) >= 11 is 0. The van der Waals surface area contributed by atoms with Gasteiger partial charge in [0.2, 0.25) is 5.91 Å². The first-order valence-corrected chi connectivity index (χ1v) is 8.78. The Kier molecular flexibility index (Phi) is 7.62. The number of halogens is 1. The van der Waals surface area contributed by atoms with Crippen molar-refractivity contribution < 1.29 is 28.2 Å². The number of aromatic nitrogens is 1. The Morgan fingerprint density at radius 3 is 2.39 bits per heavy atom. The van der Waals surface area contributed by atoms with Crippen molar-refractivity contribution in [2.75, 3.05) is 18.5 Å². The van der Waals surface area contributed by atoms with Crippen molar-refractivity contribution in [1.29, 1.82) is 0 Å². The summed E-state index contributed by atoms with van der Waals surface area (Å²) < 4.78 is 23.5. The van der Waals surface area contributed by atoms with Gasteiger partial charge in [0, 0.05) is 6.20 Å². The van der Waals surface area contributed by atoms with Crippen LogP contribution in [0.25, 0.3) is 0 Å². The van der Waals surface area contributed by atoms with E-state index in [9.17, 15) is 18.8 Å². The van der Waals surface area contributed by atoms with E-state index in [0.717, 1.165) is 11.1 Å². The molecule has 28 heavy (non-hydrogen) atoms. The second-order valence-corrected chi connectivity index (χ2v) is 5.79. The first kappa shape index (κ1) is 21.0. The quantitative estimate of drug-likeness (QED) is 0.552. The van der Waals surface area contributed by atoms with Gasteiger partial charge in [-0.25, -0.2) is 14.2 Å². The van der Waals surface area contributed by atoms with E-state index in [2.05, 4.69) is 10.3 Å². The van der Waals surface area contributed by atoms with Crippen LogP contribution < -0.4 is 5.32 Å². The topological polar surface area (TPSA) is 94.6 Å². The highest BCUT2D eigenvalue weighted by molar-refractivity contribution is 6.01. The van der Waals surface area contributed by atoms with Gasteiger partial charge in [0.05, 0.1) is 18.9 Å². The summed E-state index contributed by atoms with van der Waals surface area (Å²) in [5.74, 6) is -2.45. The van der Waals surface area contributed by atoms with Gasteiger partial charge < -0.3 is 14.8 Å². The first-order valence-electron chi connectivity index (χ1n) is 8.78. The Balaban J connectivity index is 2.05. The van der Waals surface area contributed by atoms with Crippen LogP contribution in [0.3, 0.4) is 0 Å². The van der Waals surface area contributed by atoms with Crippen molar-refractivity contribution >= 4 is 23.5 Å². The summed E-state index contributed by atoms with van der Waals surface area (Å²) in [5.41, 5.74) is 1.70. The highest BCUT2D eigenvalue weighted by Gasteiger charge is 2.13. The molecule has 1 aromatic heterocycles. The molecule has 1 N–H and O–H groups in total. The number of nitrogens with zero attached hydrogens (tertiary/aromatic N) is 1. The molecular weight excluding hydrogens is 367 g/mol. The summed E-state index contributed by atoms with van der Waals surface area (Å²) in [6.07, 6.45) is 1.46. The zero-order chi connectivity index (χ0) is 20.5. The Hall–Kier alpha value is -3.29. The maximum absolute atomic E-state index is 14.0. The number of hydrogen-bond acceptors (Lipinski definition) is 6. The van der Waals surface area contributed by atoms with Gasteiger partial charge >= 0.3 is 11.9 Å². The highest BCUT2D eigenvalue weighted by atomic mass is 19.1. The lowest BCUT2D eigenvalue weighted by atomic mass is 10.1. The zero-order valence-electron chi connectivity index (χ0n) is 15.7. The molecular formula is C20H21FN2O5. The van der Waals surface area contributed by atoms with Crippen LogP contribution in [0, 0.1) is 5.82 Å². The van der Waals surface area contributed by atoms with Gasteiger partial charge in [-0.05, 0) is 49.6 Å². The number of ether oxygens (including phenoxy) is 2. The van der Waals surface area contributed by atoms with Crippen molar-refractivity contribution in [3.05, 3.63) is 59.2 Å². The molecule has 0 saturated carbocycles. The highest BCUT2D eigenvalue weighted by Crippen LogP contribution is 2.19. The number of hydrogen-bond donors (Lipinski definition) is 1. The van der Waals surface area contributed by atoms with Gasteiger partial charge in [0.15, 0.2) is 0 Å². The van der Waals surface area contributed by atoms with E-state index in [1.165, 1.54) is 18.3 Å². The lowest BCUT2D eigenvalue weighted by Gasteiger charge is -2.09. The maximum Gasteiger partial charge on any atom is 0.356 e. The van der Waals surface area contributed by atoms with E-state index in [0.29, 0.717) is 6.42 Å². The van der Waals surface area contributed by atoms with Crippen molar-refractivity contribution in [2.24, 2.45) is 0 Å². The first-order chi connectivity index (χ1) is 13.4. The SMILES string of the molecule is CCOC(=O)CC(=O)Nc1cc(Cc2ccc(C(=O)OCC)nc2)ccc1F. The molecule has 1 heterocycles. The third-order valence-electron chi connectivity index (χ3n) is 3.63. The molecule has 0 fully saturated rings. The monoisotopic (exact) mass is 388 g/mol. The van der Waals surface area contributed by atoms with Gasteiger partial charge in [-0.1, -0.05) is 12.1 Å². The number of anilines is 1. The third kappa shape index (κ3) is 6.15. The lowest BCUT2D eigenvalue weighted by molar-refractivity contribution is -0.145. The Morgan fingerprint density at radius 2 is 1.75 bits per heavy atom. The van der Waals surface area contributed by atoms with Crippen molar-refractivity contribution in [1.82, 2.24) is 4.98 Å². The van der Waals surface area contributed by atoms with Crippen LogP contribution in [0.5, 0.6) is 0 Å². The van der Waals surface area contributed by atoms with Crippen LogP contribution in [0.15, 0.2) is 36.5 Å². The summed E-state index contributed by atoms with van der Waals surface area (Å²) in [6.45, 7) is 3.78. The molecule has 2 aromatic rings. The Morgan fingerprint density at radius 1 is 1.04 bits per heavy atom. The zero-order valence-corrected chi connectivity index (χ0v) is 15.7. The second kappa shape index (κ2) is 10.1. The van der Waals surface area contributed by atoms with Crippen LogP contribution >= 0.6 is 0 Å². The molecule has 0 radical (unpaired) electrons. The third-order valence-corrected chi connectivity index (χ3v) is 3.63.